The molecule has 1 aliphatic rings. The number of rotatable bonds is 3. The van der Waals surface area contributed by atoms with E-state index in [9.17, 15) is 13.6 Å². The van der Waals surface area contributed by atoms with Crippen LogP contribution in [0.5, 0.6) is 0 Å². The smallest absolute Gasteiger partial charge is 0.237 e. The Bertz CT molecular complexity index is 424. The summed E-state index contributed by atoms with van der Waals surface area (Å²) < 4.78 is 27.0. The van der Waals surface area contributed by atoms with Crippen molar-refractivity contribution < 1.29 is 13.6 Å². The van der Waals surface area contributed by atoms with Crippen molar-refractivity contribution in [1.82, 2.24) is 10.6 Å². The van der Waals surface area contributed by atoms with Crippen LogP contribution >= 0.6 is 0 Å². The SMILES string of the molecule is CC(NC(=O)C1CCCN1)c1c(F)cccc1F. The summed E-state index contributed by atoms with van der Waals surface area (Å²) in [4.78, 5) is 11.8. The molecule has 18 heavy (non-hydrogen) atoms. The van der Waals surface area contributed by atoms with Crippen LogP contribution in [0, 0.1) is 11.6 Å². The summed E-state index contributed by atoms with van der Waals surface area (Å²) in [6.45, 7) is 2.38. The number of hydrogen-bond acceptors (Lipinski definition) is 2. The molecule has 1 aromatic carbocycles. The molecule has 0 aliphatic carbocycles. The Morgan fingerprint density at radius 3 is 2.67 bits per heavy atom. The molecule has 2 unspecified atom stereocenters. The maximum atomic E-state index is 13.5. The summed E-state index contributed by atoms with van der Waals surface area (Å²) in [5.74, 6) is -1.48. The van der Waals surface area contributed by atoms with Gasteiger partial charge in [0, 0.05) is 5.56 Å². The number of halogens is 2. The third kappa shape index (κ3) is 2.67. The molecular formula is C13H16F2N2O. The summed E-state index contributed by atoms with van der Waals surface area (Å²) >= 11 is 0. The van der Waals surface area contributed by atoms with Crippen molar-refractivity contribution in [3.63, 3.8) is 0 Å². The molecule has 0 aromatic heterocycles. The zero-order valence-electron chi connectivity index (χ0n) is 10.2. The lowest BCUT2D eigenvalue weighted by atomic mass is 10.1. The normalized spacial score (nSPS) is 20.7. The summed E-state index contributed by atoms with van der Waals surface area (Å²) in [5.41, 5.74) is -0.0937. The molecule has 1 fully saturated rings. The summed E-state index contributed by atoms with van der Waals surface area (Å²) in [6.07, 6.45) is 1.71. The Balaban J connectivity index is 2.07. The van der Waals surface area contributed by atoms with E-state index in [0.29, 0.717) is 0 Å². The van der Waals surface area contributed by atoms with Gasteiger partial charge in [0.2, 0.25) is 5.91 Å². The van der Waals surface area contributed by atoms with Gasteiger partial charge in [-0.3, -0.25) is 4.79 Å². The van der Waals surface area contributed by atoms with Crippen LogP contribution in [0.3, 0.4) is 0 Å². The van der Waals surface area contributed by atoms with Crippen LogP contribution in [0.15, 0.2) is 18.2 Å². The van der Waals surface area contributed by atoms with Crippen molar-refractivity contribution in [2.45, 2.75) is 31.8 Å². The van der Waals surface area contributed by atoms with Crippen molar-refractivity contribution >= 4 is 5.91 Å². The highest BCUT2D eigenvalue weighted by Gasteiger charge is 2.25. The molecule has 2 atom stereocenters. The minimum absolute atomic E-state index is 0.0937. The summed E-state index contributed by atoms with van der Waals surface area (Å²) in [5, 5.41) is 5.68. The molecule has 0 bridgehead atoms. The monoisotopic (exact) mass is 254 g/mol. The number of carbonyl (C=O) groups is 1. The highest BCUT2D eigenvalue weighted by Crippen LogP contribution is 2.20. The fourth-order valence-electron chi connectivity index (χ4n) is 2.22. The third-order valence-electron chi connectivity index (χ3n) is 3.17. The van der Waals surface area contributed by atoms with Gasteiger partial charge in [-0.15, -0.1) is 0 Å². The molecule has 98 valence electrons. The number of amides is 1. The van der Waals surface area contributed by atoms with Crippen LogP contribution < -0.4 is 10.6 Å². The van der Waals surface area contributed by atoms with Crippen LogP contribution in [0.1, 0.15) is 31.4 Å². The summed E-state index contributed by atoms with van der Waals surface area (Å²) in [7, 11) is 0. The van der Waals surface area contributed by atoms with Crippen LogP contribution in [0.25, 0.3) is 0 Å². The van der Waals surface area contributed by atoms with E-state index in [4.69, 9.17) is 0 Å². The lowest BCUT2D eigenvalue weighted by molar-refractivity contribution is -0.123. The van der Waals surface area contributed by atoms with Crippen LogP contribution in [-0.2, 0) is 4.79 Å². The van der Waals surface area contributed by atoms with E-state index in [2.05, 4.69) is 10.6 Å². The van der Waals surface area contributed by atoms with Gasteiger partial charge in [-0.2, -0.15) is 0 Å². The molecule has 5 heteroatoms. The van der Waals surface area contributed by atoms with E-state index < -0.39 is 17.7 Å². The zero-order chi connectivity index (χ0) is 13.1. The lowest BCUT2D eigenvalue weighted by Crippen LogP contribution is -2.41. The largest absolute Gasteiger partial charge is 0.348 e. The minimum atomic E-state index is -0.680. The van der Waals surface area contributed by atoms with E-state index in [1.54, 1.807) is 6.92 Å². The molecule has 0 spiro atoms. The lowest BCUT2D eigenvalue weighted by Gasteiger charge is -2.18. The second-order valence-electron chi connectivity index (χ2n) is 4.51. The van der Waals surface area contributed by atoms with E-state index >= 15 is 0 Å². The Morgan fingerprint density at radius 1 is 1.44 bits per heavy atom. The molecular weight excluding hydrogens is 238 g/mol. The van der Waals surface area contributed by atoms with Crippen molar-refractivity contribution in [3.8, 4) is 0 Å². The van der Waals surface area contributed by atoms with Gasteiger partial charge in [0.05, 0.1) is 12.1 Å². The average Bonchev–Trinajstić information content (AvgIpc) is 2.81. The van der Waals surface area contributed by atoms with Gasteiger partial charge in [-0.1, -0.05) is 6.07 Å². The fourth-order valence-corrected chi connectivity index (χ4v) is 2.22. The topological polar surface area (TPSA) is 41.1 Å². The third-order valence-corrected chi connectivity index (χ3v) is 3.17. The first-order valence-corrected chi connectivity index (χ1v) is 6.07. The van der Waals surface area contributed by atoms with Crippen LogP contribution in [-0.4, -0.2) is 18.5 Å². The van der Waals surface area contributed by atoms with Gasteiger partial charge in [0.1, 0.15) is 11.6 Å². The number of benzene rings is 1. The Morgan fingerprint density at radius 2 is 2.11 bits per heavy atom. The first-order chi connectivity index (χ1) is 8.59. The zero-order valence-corrected chi connectivity index (χ0v) is 10.2. The van der Waals surface area contributed by atoms with Crippen molar-refractivity contribution in [1.29, 1.82) is 0 Å². The van der Waals surface area contributed by atoms with E-state index in [0.717, 1.165) is 19.4 Å². The van der Waals surface area contributed by atoms with Gasteiger partial charge >= 0.3 is 0 Å². The Labute approximate surface area is 105 Å². The van der Waals surface area contributed by atoms with Gasteiger partial charge in [0.15, 0.2) is 0 Å². The quantitative estimate of drug-likeness (QED) is 0.865. The van der Waals surface area contributed by atoms with Gasteiger partial charge in [-0.05, 0) is 38.4 Å². The predicted octanol–water partition coefficient (Wildman–Crippen LogP) is 1.89. The summed E-state index contributed by atoms with van der Waals surface area (Å²) in [6, 6.07) is 2.76. The van der Waals surface area contributed by atoms with Crippen LogP contribution in [0.4, 0.5) is 8.78 Å². The highest BCUT2D eigenvalue weighted by atomic mass is 19.1. The minimum Gasteiger partial charge on any atom is -0.348 e. The van der Waals surface area contributed by atoms with Crippen molar-refractivity contribution in [2.75, 3.05) is 6.54 Å². The predicted molar refractivity (Wildman–Crippen MR) is 63.9 cm³/mol. The highest BCUT2D eigenvalue weighted by molar-refractivity contribution is 5.82. The molecule has 0 saturated carbocycles. The van der Waals surface area contributed by atoms with Gasteiger partial charge < -0.3 is 10.6 Å². The van der Waals surface area contributed by atoms with E-state index in [1.165, 1.54) is 18.2 Å². The van der Waals surface area contributed by atoms with Gasteiger partial charge in [-0.25, -0.2) is 8.78 Å². The second-order valence-corrected chi connectivity index (χ2v) is 4.51. The second kappa shape index (κ2) is 5.44. The van der Waals surface area contributed by atoms with E-state index in [1.807, 2.05) is 0 Å². The molecule has 1 amide bonds. The molecule has 3 nitrogen and oxygen atoms in total. The average molecular weight is 254 g/mol. The number of hydrogen-bond donors (Lipinski definition) is 2. The molecule has 2 N–H and O–H groups in total. The molecule has 0 radical (unpaired) electrons. The first-order valence-electron chi connectivity index (χ1n) is 6.07. The number of carbonyl (C=O) groups excluding carboxylic acids is 1. The molecule has 1 heterocycles. The molecule has 1 aliphatic heterocycles. The Kier molecular flexibility index (Phi) is 3.91. The molecule has 1 aromatic rings. The van der Waals surface area contributed by atoms with Crippen LogP contribution in [0.2, 0.25) is 0 Å². The maximum Gasteiger partial charge on any atom is 0.237 e. The maximum absolute atomic E-state index is 13.5. The number of nitrogens with one attached hydrogen (secondary N) is 2. The molecule has 1 saturated heterocycles. The Hall–Kier alpha value is -1.49. The standard InChI is InChI=1S/C13H16F2N2O/c1-8(12-9(14)4-2-5-10(12)15)17-13(18)11-6-3-7-16-11/h2,4-5,8,11,16H,3,6-7H2,1H3,(H,17,18). The fraction of sp³-hybridized carbons (Fsp3) is 0.462. The first kappa shape index (κ1) is 13.0. The van der Waals surface area contributed by atoms with Crippen molar-refractivity contribution in [3.05, 3.63) is 35.4 Å². The van der Waals surface area contributed by atoms with Crippen molar-refractivity contribution in [2.24, 2.45) is 0 Å². The molecule has 2 rings (SSSR count). The van der Waals surface area contributed by atoms with E-state index in [-0.39, 0.29) is 17.5 Å². The van der Waals surface area contributed by atoms with Gasteiger partial charge in [0.25, 0.3) is 0 Å².